The van der Waals surface area contributed by atoms with Crippen LogP contribution >= 0.6 is 0 Å². The third-order valence-corrected chi connectivity index (χ3v) is 1.46. The zero-order chi connectivity index (χ0) is 6.81. The first-order chi connectivity index (χ1) is 4.97. The van der Waals surface area contributed by atoms with Gasteiger partial charge in [0.15, 0.2) is 0 Å². The molecule has 58 valence electrons. The maximum atomic E-state index is 4.06. The number of benzene rings is 1. The van der Waals surface area contributed by atoms with Crippen molar-refractivity contribution >= 4 is 10.9 Å². The van der Waals surface area contributed by atoms with Gasteiger partial charge in [-0.05, 0) is 5.52 Å². The number of pyridine rings is 1. The number of aromatic nitrogens is 1. The van der Waals surface area contributed by atoms with Crippen LogP contribution in [0.1, 0.15) is 0 Å². The molecule has 1 aromatic carbocycles. The Morgan fingerprint density at radius 1 is 1.09 bits per heavy atom. The van der Waals surface area contributed by atoms with Crippen LogP contribution in [0.4, 0.5) is 0 Å². The first-order valence-corrected chi connectivity index (χ1v) is 3.19. The molecule has 1 nitrogen and oxygen atoms in total. The molecule has 0 N–H and O–H groups in total. The van der Waals surface area contributed by atoms with Crippen LogP contribution in [0.25, 0.3) is 10.9 Å². The van der Waals surface area contributed by atoms with E-state index in [0.29, 0.717) is 0 Å². The normalized spacial score (nSPS) is 9.09. The van der Waals surface area contributed by atoms with Crippen LogP contribution in [0, 0.1) is 6.20 Å². The third kappa shape index (κ3) is 1.69. The van der Waals surface area contributed by atoms with Crippen molar-refractivity contribution < 1.29 is 22.4 Å². The summed E-state index contributed by atoms with van der Waals surface area (Å²) in [6, 6.07) is 11.8. The minimum atomic E-state index is 0. The smallest absolute Gasteiger partial charge is 0.386 e. The van der Waals surface area contributed by atoms with Gasteiger partial charge in [0.2, 0.25) is 0 Å². The van der Waals surface area contributed by atoms with Crippen LogP contribution in [-0.2, 0) is 22.4 Å². The Hall–Kier alpha value is -0.630. The quantitative estimate of drug-likeness (QED) is 0.534. The van der Waals surface area contributed by atoms with Crippen LogP contribution in [0.5, 0.6) is 0 Å². The Labute approximate surface area is 81.0 Å². The van der Waals surface area contributed by atoms with Gasteiger partial charge in [0.1, 0.15) is 0 Å². The monoisotopic (exact) mass is 325 g/mol. The fourth-order valence-corrected chi connectivity index (χ4v) is 0.964. The molecule has 0 aliphatic rings. The molecule has 0 atom stereocenters. The summed E-state index contributed by atoms with van der Waals surface area (Å²) in [6.45, 7) is 0. The van der Waals surface area contributed by atoms with Crippen molar-refractivity contribution in [3.05, 3.63) is 42.6 Å². The maximum Gasteiger partial charge on any atom is 1.00 e. The van der Waals surface area contributed by atoms with Crippen LogP contribution in [0.3, 0.4) is 0 Å². The van der Waals surface area contributed by atoms with Gasteiger partial charge < -0.3 is 4.98 Å². The summed E-state index contributed by atoms with van der Waals surface area (Å²) in [4.78, 5) is 4.06. The van der Waals surface area contributed by atoms with Crippen molar-refractivity contribution in [3.63, 3.8) is 0 Å². The molecule has 1 aromatic heterocycles. The van der Waals surface area contributed by atoms with E-state index in [4.69, 9.17) is 0 Å². The van der Waals surface area contributed by atoms with Crippen molar-refractivity contribution in [3.8, 4) is 0 Å². The second-order valence-corrected chi connectivity index (χ2v) is 2.13. The molecule has 1 heterocycles. The van der Waals surface area contributed by atoms with Gasteiger partial charge in [-0.25, -0.2) is 0 Å². The fraction of sp³-hybridized carbons (Fsp3) is 0. The number of hydrogen-bond acceptors (Lipinski definition) is 1. The summed E-state index contributed by atoms with van der Waals surface area (Å²) in [5.74, 6) is 0. The molecule has 0 saturated carbocycles. The van der Waals surface area contributed by atoms with Gasteiger partial charge in [-0.3, -0.25) is 0 Å². The Bertz CT molecular complexity index is 281. The molecule has 2 heteroatoms. The van der Waals surface area contributed by atoms with Crippen molar-refractivity contribution in [1.29, 1.82) is 0 Å². The van der Waals surface area contributed by atoms with E-state index in [1.165, 1.54) is 5.39 Å². The van der Waals surface area contributed by atoms with Gasteiger partial charge in [-0.1, -0.05) is 30.5 Å². The zero-order valence-corrected chi connectivity index (χ0v) is 7.88. The van der Waals surface area contributed by atoms with E-state index in [9.17, 15) is 0 Å². The molecular weight excluding hydrogens is 319 g/mol. The second-order valence-electron chi connectivity index (χ2n) is 2.13. The molecule has 0 bridgehead atoms. The number of hydrogen-bond donors (Lipinski definition) is 0. The van der Waals surface area contributed by atoms with E-state index in [1.54, 1.807) is 0 Å². The first-order valence-electron chi connectivity index (χ1n) is 3.19. The Morgan fingerprint density at radius 2 is 1.91 bits per heavy atom. The molecule has 0 aliphatic heterocycles. The van der Waals surface area contributed by atoms with Gasteiger partial charge in [0.25, 0.3) is 0 Å². The molecule has 0 fully saturated rings. The van der Waals surface area contributed by atoms with E-state index in [-0.39, 0.29) is 22.4 Å². The molecule has 0 amide bonds. The van der Waals surface area contributed by atoms with Crippen molar-refractivity contribution in [2.45, 2.75) is 0 Å². The average molecular weight is 325 g/mol. The Morgan fingerprint density at radius 3 is 2.73 bits per heavy atom. The van der Waals surface area contributed by atoms with Gasteiger partial charge >= 0.3 is 22.4 Å². The van der Waals surface area contributed by atoms with E-state index in [2.05, 4.69) is 11.2 Å². The van der Waals surface area contributed by atoms with Crippen molar-refractivity contribution in [2.24, 2.45) is 0 Å². The molecule has 0 unspecified atom stereocenters. The summed E-state index contributed by atoms with van der Waals surface area (Å²) < 4.78 is 0. The second kappa shape index (κ2) is 3.67. The maximum absolute atomic E-state index is 4.06. The minimum Gasteiger partial charge on any atom is -0.386 e. The van der Waals surface area contributed by atoms with E-state index in [0.717, 1.165) is 5.52 Å². The predicted molar refractivity (Wildman–Crippen MR) is 40.6 cm³/mol. The van der Waals surface area contributed by atoms with Crippen LogP contribution in [0.15, 0.2) is 36.4 Å². The Balaban J connectivity index is 0.000000605. The third-order valence-electron chi connectivity index (χ3n) is 1.46. The fourth-order valence-electron chi connectivity index (χ4n) is 0.964. The molecule has 0 spiro atoms. The molecule has 2 aromatic rings. The minimum absolute atomic E-state index is 0. The predicted octanol–water partition coefficient (Wildman–Crippen LogP) is 2.03. The molecule has 0 radical (unpaired) electrons. The topological polar surface area (TPSA) is 12.9 Å². The average Bonchev–Trinajstić information content (AvgIpc) is 2.05. The van der Waals surface area contributed by atoms with Crippen LogP contribution < -0.4 is 0 Å². The van der Waals surface area contributed by atoms with Gasteiger partial charge in [-0.2, -0.15) is 12.1 Å². The van der Waals surface area contributed by atoms with Crippen LogP contribution in [0.2, 0.25) is 0 Å². The number of fused-ring (bicyclic) bond motifs is 1. The summed E-state index contributed by atoms with van der Waals surface area (Å²) >= 11 is 0. The summed E-state index contributed by atoms with van der Waals surface area (Å²) in [5, 5.41) is 1.17. The van der Waals surface area contributed by atoms with Gasteiger partial charge in [-0.15, -0.1) is 5.39 Å². The van der Waals surface area contributed by atoms with Gasteiger partial charge in [0.05, 0.1) is 0 Å². The summed E-state index contributed by atoms with van der Waals surface area (Å²) in [5.41, 5.74) is 1.00. The van der Waals surface area contributed by atoms with E-state index >= 15 is 0 Å². The SMILES string of the molecule is [Au+].[c-]1ccc2ccccc2n1. The van der Waals surface area contributed by atoms with Crippen molar-refractivity contribution in [1.82, 2.24) is 4.98 Å². The summed E-state index contributed by atoms with van der Waals surface area (Å²) in [6.07, 6.45) is 2.79. The number of para-hydroxylation sites is 1. The number of rotatable bonds is 0. The summed E-state index contributed by atoms with van der Waals surface area (Å²) in [7, 11) is 0. The Kier molecular flexibility index (Phi) is 2.83. The zero-order valence-electron chi connectivity index (χ0n) is 5.71. The molecular formula is C9H6AuN. The molecule has 0 saturated heterocycles. The largest absolute Gasteiger partial charge is 1.00 e. The molecule has 2 rings (SSSR count). The van der Waals surface area contributed by atoms with E-state index in [1.807, 2.05) is 36.4 Å². The van der Waals surface area contributed by atoms with Crippen molar-refractivity contribution in [2.75, 3.05) is 0 Å². The standard InChI is InChI=1S/C9H6N.Au/c1-2-6-9-8(4-1)5-3-7-10-9;/h1-6H;/q-1;+1. The first kappa shape index (κ1) is 8.47. The molecule has 0 aliphatic carbocycles. The van der Waals surface area contributed by atoms with Gasteiger partial charge in [0, 0.05) is 0 Å². The van der Waals surface area contributed by atoms with E-state index < -0.39 is 0 Å². The number of nitrogens with zero attached hydrogens (tertiary/aromatic N) is 1. The van der Waals surface area contributed by atoms with Crippen LogP contribution in [-0.4, -0.2) is 4.98 Å². The molecule has 11 heavy (non-hydrogen) atoms.